The van der Waals surface area contributed by atoms with E-state index in [1.54, 1.807) is 0 Å². The first kappa shape index (κ1) is 18.0. The third-order valence-corrected chi connectivity index (χ3v) is 5.41. The summed E-state index contributed by atoms with van der Waals surface area (Å²) in [5.41, 5.74) is -1.14. The highest BCUT2D eigenvalue weighted by atomic mass is 32.2. The fraction of sp³-hybridized carbons (Fsp3) is 0.200. The van der Waals surface area contributed by atoms with Gasteiger partial charge in [-0.2, -0.15) is 31.2 Å². The second-order valence-electron chi connectivity index (χ2n) is 5.50. The number of halogens is 3. The molecule has 0 saturated carbocycles. The predicted molar refractivity (Wildman–Crippen MR) is 85.2 cm³/mol. The second-order valence-corrected chi connectivity index (χ2v) is 7.52. The molecule has 11 heteroatoms. The van der Waals surface area contributed by atoms with Crippen LogP contribution in [0.2, 0.25) is 0 Å². The molecule has 0 N–H and O–H groups in total. The standard InChI is InChI=1S/C15H11F3N4O3S/c1-21(2)26(23,24)22-7-11(10-5-9(6-19)3-4-12(10)22)13-14(15(16,17)18)20-8-25-13/h3-5,7-8H,1-2H3. The van der Waals surface area contributed by atoms with E-state index in [-0.39, 0.29) is 22.0 Å². The van der Waals surface area contributed by atoms with E-state index in [1.807, 2.05) is 6.07 Å². The van der Waals surface area contributed by atoms with Crippen molar-refractivity contribution in [3.63, 3.8) is 0 Å². The topological polar surface area (TPSA) is 92.1 Å². The molecule has 0 unspecified atom stereocenters. The van der Waals surface area contributed by atoms with Crippen LogP contribution in [0.4, 0.5) is 13.2 Å². The lowest BCUT2D eigenvalue weighted by atomic mass is 10.1. The van der Waals surface area contributed by atoms with Crippen molar-refractivity contribution in [2.45, 2.75) is 6.18 Å². The number of hydrogen-bond acceptors (Lipinski definition) is 5. The van der Waals surface area contributed by atoms with Gasteiger partial charge in [0.15, 0.2) is 17.8 Å². The van der Waals surface area contributed by atoms with Crippen LogP contribution < -0.4 is 0 Å². The Morgan fingerprint density at radius 3 is 2.58 bits per heavy atom. The molecule has 3 rings (SSSR count). The lowest BCUT2D eigenvalue weighted by Crippen LogP contribution is -2.28. The van der Waals surface area contributed by atoms with Gasteiger partial charge in [-0.3, -0.25) is 0 Å². The van der Waals surface area contributed by atoms with Gasteiger partial charge in [0.05, 0.1) is 17.1 Å². The van der Waals surface area contributed by atoms with Crippen LogP contribution >= 0.6 is 0 Å². The summed E-state index contributed by atoms with van der Waals surface area (Å²) in [5, 5.41) is 9.18. The molecule has 7 nitrogen and oxygen atoms in total. The van der Waals surface area contributed by atoms with Gasteiger partial charge in [0.2, 0.25) is 0 Å². The van der Waals surface area contributed by atoms with E-state index >= 15 is 0 Å². The monoisotopic (exact) mass is 384 g/mol. The summed E-state index contributed by atoms with van der Waals surface area (Å²) < 4.78 is 71.2. The first-order valence-corrected chi connectivity index (χ1v) is 8.46. The van der Waals surface area contributed by atoms with Gasteiger partial charge in [0.1, 0.15) is 0 Å². The first-order valence-electron chi connectivity index (χ1n) is 7.06. The zero-order valence-corrected chi connectivity index (χ0v) is 14.3. The Morgan fingerprint density at radius 1 is 1.31 bits per heavy atom. The summed E-state index contributed by atoms with van der Waals surface area (Å²) in [7, 11) is -1.43. The van der Waals surface area contributed by atoms with E-state index in [1.165, 1.54) is 32.3 Å². The van der Waals surface area contributed by atoms with Gasteiger partial charge in [-0.05, 0) is 18.2 Å². The Labute approximate surface area is 146 Å². The number of nitriles is 1. The lowest BCUT2D eigenvalue weighted by molar-refractivity contribution is -0.140. The van der Waals surface area contributed by atoms with Crippen molar-refractivity contribution in [3.05, 3.63) is 42.0 Å². The van der Waals surface area contributed by atoms with E-state index in [0.29, 0.717) is 6.39 Å². The normalized spacial score (nSPS) is 12.7. The van der Waals surface area contributed by atoms with E-state index in [9.17, 15) is 21.6 Å². The molecule has 136 valence electrons. The molecule has 0 bridgehead atoms. The summed E-state index contributed by atoms with van der Waals surface area (Å²) in [4.78, 5) is 3.19. The highest BCUT2D eigenvalue weighted by Gasteiger charge is 2.39. The van der Waals surface area contributed by atoms with Crippen molar-refractivity contribution < 1.29 is 26.0 Å². The molecule has 1 aromatic carbocycles. The largest absolute Gasteiger partial charge is 0.443 e. The van der Waals surface area contributed by atoms with Crippen molar-refractivity contribution in [1.29, 1.82) is 5.26 Å². The third-order valence-electron chi connectivity index (χ3n) is 3.69. The Bertz CT molecular complexity index is 1140. The Morgan fingerprint density at radius 2 is 2.00 bits per heavy atom. The van der Waals surface area contributed by atoms with Crippen molar-refractivity contribution in [3.8, 4) is 17.4 Å². The van der Waals surface area contributed by atoms with Crippen LogP contribution in [0.25, 0.3) is 22.2 Å². The Balaban J connectivity index is 2.41. The minimum absolute atomic E-state index is 0.109. The zero-order valence-electron chi connectivity index (χ0n) is 13.4. The molecule has 0 fully saturated rings. The van der Waals surface area contributed by atoms with Crippen LogP contribution in [0.5, 0.6) is 0 Å². The minimum Gasteiger partial charge on any atom is -0.443 e. The van der Waals surface area contributed by atoms with E-state index in [2.05, 4.69) is 4.98 Å². The third kappa shape index (κ3) is 2.73. The van der Waals surface area contributed by atoms with Gasteiger partial charge in [0.25, 0.3) is 0 Å². The maximum absolute atomic E-state index is 13.2. The van der Waals surface area contributed by atoms with E-state index < -0.39 is 27.8 Å². The zero-order chi connectivity index (χ0) is 19.3. The van der Waals surface area contributed by atoms with Gasteiger partial charge in [-0.1, -0.05) is 0 Å². The van der Waals surface area contributed by atoms with Gasteiger partial charge >= 0.3 is 16.4 Å². The molecule has 0 radical (unpaired) electrons. The van der Waals surface area contributed by atoms with Crippen LogP contribution in [0.15, 0.2) is 35.2 Å². The average molecular weight is 384 g/mol. The van der Waals surface area contributed by atoms with Crippen LogP contribution in [-0.4, -0.2) is 35.8 Å². The maximum Gasteiger partial charge on any atom is 0.437 e. The number of alkyl halides is 3. The second kappa shape index (κ2) is 5.86. The number of aromatic nitrogens is 2. The number of hydrogen-bond donors (Lipinski definition) is 0. The van der Waals surface area contributed by atoms with Gasteiger partial charge in [-0.25, -0.2) is 8.96 Å². The maximum atomic E-state index is 13.2. The average Bonchev–Trinajstić information content (AvgIpc) is 3.18. The smallest absolute Gasteiger partial charge is 0.437 e. The highest BCUT2D eigenvalue weighted by molar-refractivity contribution is 7.87. The molecule has 2 heterocycles. The molecule has 26 heavy (non-hydrogen) atoms. The van der Waals surface area contributed by atoms with Crippen molar-refractivity contribution in [2.24, 2.45) is 0 Å². The molecule has 0 saturated heterocycles. The molecule has 3 aromatic rings. The molecule has 0 aliphatic heterocycles. The number of nitrogens with zero attached hydrogens (tertiary/aromatic N) is 4. The quantitative estimate of drug-likeness (QED) is 0.692. The summed E-state index contributed by atoms with van der Waals surface area (Å²) in [6.07, 6.45) is -3.13. The highest BCUT2D eigenvalue weighted by Crippen LogP contribution is 2.40. The predicted octanol–water partition coefficient (Wildman–Crippen LogP) is 2.84. The number of oxazole rings is 1. The van der Waals surface area contributed by atoms with Crippen molar-refractivity contribution >= 4 is 21.1 Å². The molecule has 0 spiro atoms. The van der Waals surface area contributed by atoms with Crippen LogP contribution in [-0.2, 0) is 16.4 Å². The number of rotatable bonds is 3. The van der Waals surface area contributed by atoms with Crippen molar-refractivity contribution in [1.82, 2.24) is 13.3 Å². The Hall–Kier alpha value is -2.84. The Kier molecular flexibility index (Phi) is 4.05. The fourth-order valence-electron chi connectivity index (χ4n) is 2.46. The SMILES string of the molecule is CN(C)S(=O)(=O)n1cc(-c2ocnc2C(F)(F)F)c2cc(C#N)ccc21. The molecule has 2 aromatic heterocycles. The van der Waals surface area contributed by atoms with Gasteiger partial charge in [0, 0.05) is 31.2 Å². The molecular formula is C15H11F3N4O3S. The van der Waals surface area contributed by atoms with Crippen LogP contribution in [0.1, 0.15) is 11.3 Å². The summed E-state index contributed by atoms with van der Waals surface area (Å²) in [5.74, 6) is -0.620. The fourth-order valence-corrected chi connectivity index (χ4v) is 3.46. The minimum atomic E-state index is -4.79. The number of benzene rings is 1. The molecular weight excluding hydrogens is 373 g/mol. The lowest BCUT2D eigenvalue weighted by Gasteiger charge is -2.13. The molecule has 0 aliphatic carbocycles. The van der Waals surface area contributed by atoms with Crippen LogP contribution in [0, 0.1) is 11.3 Å². The summed E-state index contributed by atoms with van der Waals surface area (Å²) in [6.45, 7) is 0. The first-order chi connectivity index (χ1) is 12.1. The van der Waals surface area contributed by atoms with Gasteiger partial charge in [-0.15, -0.1) is 0 Å². The molecule has 0 aliphatic rings. The summed E-state index contributed by atoms with van der Waals surface area (Å²) in [6, 6.07) is 5.89. The van der Waals surface area contributed by atoms with Crippen molar-refractivity contribution in [2.75, 3.05) is 14.1 Å². The van der Waals surface area contributed by atoms with E-state index in [0.717, 1.165) is 14.5 Å². The van der Waals surface area contributed by atoms with Crippen LogP contribution in [0.3, 0.4) is 0 Å². The summed E-state index contributed by atoms with van der Waals surface area (Å²) >= 11 is 0. The molecule has 0 atom stereocenters. The van der Waals surface area contributed by atoms with Gasteiger partial charge < -0.3 is 4.42 Å². The number of fused-ring (bicyclic) bond motifs is 1. The van der Waals surface area contributed by atoms with E-state index in [4.69, 9.17) is 9.68 Å². The molecule has 0 amide bonds.